The summed E-state index contributed by atoms with van der Waals surface area (Å²) in [5, 5.41) is 0. The Morgan fingerprint density at radius 3 is 3.00 bits per heavy atom. The number of nitrogens with zero attached hydrogens (tertiary/aromatic N) is 3. The molecular weight excluding hydrogens is 202 g/mol. The van der Waals surface area contributed by atoms with Crippen LogP contribution in [0.25, 0.3) is 0 Å². The molecule has 1 fully saturated rings. The molecule has 1 atom stereocenters. The van der Waals surface area contributed by atoms with E-state index in [1.807, 2.05) is 13.0 Å². The third-order valence-corrected chi connectivity index (χ3v) is 3.16. The van der Waals surface area contributed by atoms with E-state index in [0.29, 0.717) is 5.82 Å². The first kappa shape index (κ1) is 11.1. The molecule has 0 saturated carbocycles. The molecule has 1 aliphatic rings. The van der Waals surface area contributed by atoms with Gasteiger partial charge in [-0.05, 0) is 19.3 Å². The molecule has 5 heteroatoms. The van der Waals surface area contributed by atoms with Gasteiger partial charge in [-0.1, -0.05) is 13.3 Å². The molecule has 1 unspecified atom stereocenters. The van der Waals surface area contributed by atoms with E-state index in [1.165, 1.54) is 12.8 Å². The number of hydrogen-bond acceptors (Lipinski definition) is 5. The number of nitrogens with one attached hydrogen (secondary N) is 1. The average Bonchev–Trinajstić information content (AvgIpc) is 2.76. The molecule has 0 aromatic carbocycles. The highest BCUT2D eigenvalue weighted by Gasteiger charge is 2.22. The molecule has 88 valence electrons. The number of hydrazine groups is 1. The molecule has 5 nitrogen and oxygen atoms in total. The number of hydrogen-bond donors (Lipinski definition) is 2. The molecule has 1 aromatic rings. The minimum absolute atomic E-state index is 0.683. The largest absolute Gasteiger partial charge is 0.356 e. The summed E-state index contributed by atoms with van der Waals surface area (Å²) in [5.41, 5.74) is 2.58. The maximum absolute atomic E-state index is 5.38. The number of nitrogens with two attached hydrogens (primary N) is 1. The van der Waals surface area contributed by atoms with Crippen LogP contribution in [-0.2, 0) is 0 Å². The fraction of sp³-hybridized carbons (Fsp3) is 0.636. The Balaban J connectivity index is 2.17. The first-order chi connectivity index (χ1) is 7.72. The van der Waals surface area contributed by atoms with Gasteiger partial charge in [-0.2, -0.15) is 0 Å². The van der Waals surface area contributed by atoms with Crippen LogP contribution in [0.5, 0.6) is 0 Å². The SMILES string of the molecule is CCC1CCN(c2cc(NN)nc(C)n2)C1. The molecule has 1 aliphatic heterocycles. The lowest BCUT2D eigenvalue weighted by molar-refractivity contribution is 0.568. The van der Waals surface area contributed by atoms with Crippen molar-refractivity contribution in [1.29, 1.82) is 0 Å². The molecule has 0 aliphatic carbocycles. The van der Waals surface area contributed by atoms with Crippen molar-refractivity contribution in [2.45, 2.75) is 26.7 Å². The van der Waals surface area contributed by atoms with Gasteiger partial charge < -0.3 is 10.3 Å². The zero-order chi connectivity index (χ0) is 11.5. The van der Waals surface area contributed by atoms with E-state index in [-0.39, 0.29) is 0 Å². The lowest BCUT2D eigenvalue weighted by Crippen LogP contribution is -2.22. The van der Waals surface area contributed by atoms with Crippen molar-refractivity contribution in [3.05, 3.63) is 11.9 Å². The van der Waals surface area contributed by atoms with Gasteiger partial charge in [0, 0.05) is 19.2 Å². The molecule has 16 heavy (non-hydrogen) atoms. The topological polar surface area (TPSA) is 67.1 Å². The first-order valence-electron chi connectivity index (χ1n) is 5.80. The Morgan fingerprint density at radius 2 is 2.38 bits per heavy atom. The summed E-state index contributed by atoms with van der Waals surface area (Å²) in [6.07, 6.45) is 2.49. The van der Waals surface area contributed by atoms with Crippen molar-refractivity contribution in [3.8, 4) is 0 Å². The Hall–Kier alpha value is -1.36. The van der Waals surface area contributed by atoms with E-state index in [0.717, 1.165) is 30.6 Å². The average molecular weight is 221 g/mol. The molecule has 0 bridgehead atoms. The second kappa shape index (κ2) is 4.65. The molecule has 2 heterocycles. The second-order valence-electron chi connectivity index (χ2n) is 4.31. The Kier molecular flexibility index (Phi) is 3.24. The van der Waals surface area contributed by atoms with Gasteiger partial charge in [-0.15, -0.1) is 0 Å². The third-order valence-electron chi connectivity index (χ3n) is 3.16. The van der Waals surface area contributed by atoms with Gasteiger partial charge in [0.1, 0.15) is 17.5 Å². The molecule has 2 rings (SSSR count). The van der Waals surface area contributed by atoms with Gasteiger partial charge in [0.05, 0.1) is 0 Å². The van der Waals surface area contributed by atoms with Crippen LogP contribution < -0.4 is 16.2 Å². The highest BCUT2D eigenvalue weighted by atomic mass is 15.3. The van der Waals surface area contributed by atoms with Gasteiger partial charge in [-0.3, -0.25) is 0 Å². The summed E-state index contributed by atoms with van der Waals surface area (Å²) < 4.78 is 0. The van der Waals surface area contributed by atoms with Crippen molar-refractivity contribution in [3.63, 3.8) is 0 Å². The standard InChI is InChI=1S/C11H19N5/c1-3-9-4-5-16(7-9)11-6-10(15-12)13-8(2)14-11/h6,9H,3-5,7,12H2,1-2H3,(H,13,14,15). The number of aryl methyl sites for hydroxylation is 1. The zero-order valence-corrected chi connectivity index (χ0v) is 9.90. The molecule has 0 radical (unpaired) electrons. The predicted molar refractivity (Wildman–Crippen MR) is 65.2 cm³/mol. The van der Waals surface area contributed by atoms with E-state index < -0.39 is 0 Å². The smallest absolute Gasteiger partial charge is 0.145 e. The van der Waals surface area contributed by atoms with E-state index >= 15 is 0 Å². The van der Waals surface area contributed by atoms with Crippen LogP contribution in [0.2, 0.25) is 0 Å². The van der Waals surface area contributed by atoms with Gasteiger partial charge >= 0.3 is 0 Å². The maximum atomic E-state index is 5.38. The quantitative estimate of drug-likeness (QED) is 0.595. The van der Waals surface area contributed by atoms with Gasteiger partial charge in [0.25, 0.3) is 0 Å². The highest BCUT2D eigenvalue weighted by molar-refractivity contribution is 5.49. The van der Waals surface area contributed by atoms with E-state index in [9.17, 15) is 0 Å². The minimum Gasteiger partial charge on any atom is -0.356 e. The number of nitrogen functional groups attached to an aromatic ring is 1. The fourth-order valence-electron chi connectivity index (χ4n) is 2.16. The Bertz CT molecular complexity index is 365. The van der Waals surface area contributed by atoms with Crippen LogP contribution in [0.15, 0.2) is 6.07 Å². The van der Waals surface area contributed by atoms with Crippen LogP contribution in [0.1, 0.15) is 25.6 Å². The number of aromatic nitrogens is 2. The normalized spacial score (nSPS) is 20.2. The van der Waals surface area contributed by atoms with Crippen molar-refractivity contribution >= 4 is 11.6 Å². The van der Waals surface area contributed by atoms with Crippen molar-refractivity contribution in [2.24, 2.45) is 11.8 Å². The summed E-state index contributed by atoms with van der Waals surface area (Å²) in [7, 11) is 0. The van der Waals surface area contributed by atoms with Crippen molar-refractivity contribution in [1.82, 2.24) is 9.97 Å². The summed E-state index contributed by atoms with van der Waals surface area (Å²) >= 11 is 0. The van der Waals surface area contributed by atoms with Crippen LogP contribution in [0, 0.1) is 12.8 Å². The predicted octanol–water partition coefficient (Wildman–Crippen LogP) is 1.31. The molecule has 1 saturated heterocycles. The van der Waals surface area contributed by atoms with Crippen LogP contribution in [0.4, 0.5) is 11.6 Å². The fourth-order valence-corrected chi connectivity index (χ4v) is 2.16. The molecule has 1 aromatic heterocycles. The van der Waals surface area contributed by atoms with Crippen molar-refractivity contribution < 1.29 is 0 Å². The minimum atomic E-state index is 0.683. The number of anilines is 2. The first-order valence-corrected chi connectivity index (χ1v) is 5.80. The zero-order valence-electron chi connectivity index (χ0n) is 9.90. The summed E-state index contributed by atoms with van der Waals surface area (Å²) in [4.78, 5) is 11.0. The second-order valence-corrected chi connectivity index (χ2v) is 4.31. The monoisotopic (exact) mass is 221 g/mol. The molecular formula is C11H19N5. The third kappa shape index (κ3) is 2.24. The molecule has 0 amide bonds. The maximum Gasteiger partial charge on any atom is 0.145 e. The van der Waals surface area contributed by atoms with Gasteiger partial charge in [0.15, 0.2) is 0 Å². The van der Waals surface area contributed by atoms with E-state index in [1.54, 1.807) is 0 Å². The van der Waals surface area contributed by atoms with Gasteiger partial charge in [0.2, 0.25) is 0 Å². The lowest BCUT2D eigenvalue weighted by Gasteiger charge is -2.18. The number of rotatable bonds is 3. The molecule has 3 N–H and O–H groups in total. The lowest BCUT2D eigenvalue weighted by atomic mass is 10.1. The molecule has 0 spiro atoms. The van der Waals surface area contributed by atoms with Gasteiger partial charge in [-0.25, -0.2) is 15.8 Å². The van der Waals surface area contributed by atoms with E-state index in [2.05, 4.69) is 27.2 Å². The van der Waals surface area contributed by atoms with E-state index in [4.69, 9.17) is 5.84 Å². The van der Waals surface area contributed by atoms with Crippen molar-refractivity contribution in [2.75, 3.05) is 23.4 Å². The summed E-state index contributed by atoms with van der Waals surface area (Å²) in [5.74, 6) is 8.60. The summed E-state index contributed by atoms with van der Waals surface area (Å²) in [6, 6.07) is 1.91. The van der Waals surface area contributed by atoms with Crippen LogP contribution in [-0.4, -0.2) is 23.1 Å². The Labute approximate surface area is 96.0 Å². The van der Waals surface area contributed by atoms with Crippen LogP contribution >= 0.6 is 0 Å². The Morgan fingerprint density at radius 1 is 1.56 bits per heavy atom. The highest BCUT2D eigenvalue weighted by Crippen LogP contribution is 2.25. The van der Waals surface area contributed by atoms with Crippen LogP contribution in [0.3, 0.4) is 0 Å². The summed E-state index contributed by atoms with van der Waals surface area (Å²) in [6.45, 7) is 6.31.